The third-order valence-electron chi connectivity index (χ3n) is 2.51. The normalized spacial score (nSPS) is 16.8. The van der Waals surface area contributed by atoms with Gasteiger partial charge in [-0.3, -0.25) is 0 Å². The molecule has 1 rings (SSSR count). The van der Waals surface area contributed by atoms with E-state index < -0.39 is 0 Å². The van der Waals surface area contributed by atoms with Gasteiger partial charge in [0.15, 0.2) is 0 Å². The summed E-state index contributed by atoms with van der Waals surface area (Å²) in [6.45, 7) is 9.74. The zero-order valence-electron chi connectivity index (χ0n) is 9.09. The maximum atomic E-state index is 5.37. The fourth-order valence-electron chi connectivity index (χ4n) is 1.61. The summed E-state index contributed by atoms with van der Waals surface area (Å²) < 4.78 is 5.37. The molecule has 0 radical (unpaired) electrons. The van der Waals surface area contributed by atoms with Crippen LogP contribution in [-0.2, 0) is 4.74 Å². The maximum Gasteiger partial charge on any atom is 0.0593 e. The van der Waals surface area contributed by atoms with Gasteiger partial charge in [-0.2, -0.15) is 0 Å². The van der Waals surface area contributed by atoms with Crippen molar-refractivity contribution in [2.24, 2.45) is 5.92 Å². The molecule has 0 aliphatic heterocycles. The van der Waals surface area contributed by atoms with Crippen LogP contribution in [0.4, 0.5) is 0 Å². The average Bonchev–Trinajstić information content (AvgIpc) is 2.89. The standard InChI is InChI=1S/C11H23NO/c1-3-7-12(8-9-13-4-2)10-11-5-6-11/h11H,3-10H2,1-2H3. The molecule has 2 nitrogen and oxygen atoms in total. The van der Waals surface area contributed by atoms with E-state index in [1.165, 1.54) is 32.4 Å². The van der Waals surface area contributed by atoms with Crippen molar-refractivity contribution in [3.05, 3.63) is 0 Å². The van der Waals surface area contributed by atoms with Gasteiger partial charge in [0.2, 0.25) is 0 Å². The van der Waals surface area contributed by atoms with Crippen molar-refractivity contribution < 1.29 is 4.74 Å². The third-order valence-corrected chi connectivity index (χ3v) is 2.51. The van der Waals surface area contributed by atoms with Crippen LogP contribution in [0, 0.1) is 5.92 Å². The first-order valence-corrected chi connectivity index (χ1v) is 5.66. The molecular weight excluding hydrogens is 162 g/mol. The van der Waals surface area contributed by atoms with Crippen LogP contribution in [0.1, 0.15) is 33.1 Å². The predicted octanol–water partition coefficient (Wildman–Crippen LogP) is 2.14. The SMILES string of the molecule is CCCN(CCOCC)CC1CC1. The topological polar surface area (TPSA) is 12.5 Å². The van der Waals surface area contributed by atoms with E-state index in [0.717, 1.165) is 25.7 Å². The lowest BCUT2D eigenvalue weighted by molar-refractivity contribution is 0.111. The molecule has 0 heterocycles. The lowest BCUT2D eigenvalue weighted by atomic mass is 10.3. The molecule has 1 saturated carbocycles. The first kappa shape index (κ1) is 11.0. The van der Waals surface area contributed by atoms with Crippen LogP contribution in [-0.4, -0.2) is 37.7 Å². The summed E-state index contributed by atoms with van der Waals surface area (Å²) in [5.41, 5.74) is 0. The fourth-order valence-corrected chi connectivity index (χ4v) is 1.61. The highest BCUT2D eigenvalue weighted by Gasteiger charge is 2.23. The van der Waals surface area contributed by atoms with Gasteiger partial charge in [0.05, 0.1) is 6.61 Å². The molecule has 0 amide bonds. The summed E-state index contributed by atoms with van der Waals surface area (Å²) in [5, 5.41) is 0. The number of rotatable bonds is 8. The van der Waals surface area contributed by atoms with Crippen molar-refractivity contribution in [3.8, 4) is 0 Å². The van der Waals surface area contributed by atoms with Gasteiger partial charge in [-0.25, -0.2) is 0 Å². The van der Waals surface area contributed by atoms with Gasteiger partial charge < -0.3 is 9.64 Å². The molecule has 2 heteroatoms. The van der Waals surface area contributed by atoms with E-state index in [1.807, 2.05) is 0 Å². The molecule has 0 aromatic rings. The molecule has 0 spiro atoms. The van der Waals surface area contributed by atoms with Crippen LogP contribution in [0.3, 0.4) is 0 Å². The van der Waals surface area contributed by atoms with E-state index in [2.05, 4.69) is 18.7 Å². The second-order valence-electron chi connectivity index (χ2n) is 3.94. The molecule has 0 aromatic carbocycles. The highest BCUT2D eigenvalue weighted by atomic mass is 16.5. The molecule has 78 valence electrons. The zero-order valence-corrected chi connectivity index (χ0v) is 9.09. The van der Waals surface area contributed by atoms with Crippen molar-refractivity contribution in [2.75, 3.05) is 32.8 Å². The fraction of sp³-hybridized carbons (Fsp3) is 1.00. The molecule has 0 aromatic heterocycles. The Balaban J connectivity index is 2.04. The Morgan fingerprint density at radius 3 is 2.54 bits per heavy atom. The molecule has 0 bridgehead atoms. The molecule has 1 fully saturated rings. The lowest BCUT2D eigenvalue weighted by Crippen LogP contribution is -2.30. The Morgan fingerprint density at radius 1 is 1.23 bits per heavy atom. The van der Waals surface area contributed by atoms with Crippen molar-refractivity contribution in [2.45, 2.75) is 33.1 Å². The molecule has 1 aliphatic carbocycles. The van der Waals surface area contributed by atoms with Crippen LogP contribution >= 0.6 is 0 Å². The minimum Gasteiger partial charge on any atom is -0.380 e. The van der Waals surface area contributed by atoms with E-state index >= 15 is 0 Å². The Bertz CT molecular complexity index is 123. The highest BCUT2D eigenvalue weighted by Crippen LogP contribution is 2.29. The summed E-state index contributed by atoms with van der Waals surface area (Å²) in [6, 6.07) is 0. The van der Waals surface area contributed by atoms with Crippen LogP contribution < -0.4 is 0 Å². The smallest absolute Gasteiger partial charge is 0.0593 e. The number of hydrogen-bond acceptors (Lipinski definition) is 2. The minimum atomic E-state index is 0.851. The number of hydrogen-bond donors (Lipinski definition) is 0. The Hall–Kier alpha value is -0.0800. The van der Waals surface area contributed by atoms with Crippen molar-refractivity contribution >= 4 is 0 Å². The summed E-state index contributed by atoms with van der Waals surface area (Å²) >= 11 is 0. The summed E-state index contributed by atoms with van der Waals surface area (Å²) in [6.07, 6.45) is 4.17. The van der Waals surface area contributed by atoms with Gasteiger partial charge in [-0.05, 0) is 38.6 Å². The minimum absolute atomic E-state index is 0.851. The molecule has 0 N–H and O–H groups in total. The molecule has 0 unspecified atom stereocenters. The number of ether oxygens (including phenoxy) is 1. The maximum absolute atomic E-state index is 5.37. The summed E-state index contributed by atoms with van der Waals surface area (Å²) in [7, 11) is 0. The zero-order chi connectivity index (χ0) is 9.52. The Kier molecular flexibility index (Phi) is 5.40. The molecule has 0 atom stereocenters. The van der Waals surface area contributed by atoms with Crippen molar-refractivity contribution in [1.82, 2.24) is 4.90 Å². The monoisotopic (exact) mass is 185 g/mol. The van der Waals surface area contributed by atoms with Crippen LogP contribution in [0.15, 0.2) is 0 Å². The third kappa shape index (κ3) is 5.27. The van der Waals surface area contributed by atoms with E-state index in [1.54, 1.807) is 0 Å². The van der Waals surface area contributed by atoms with E-state index in [4.69, 9.17) is 4.74 Å². The highest BCUT2D eigenvalue weighted by molar-refractivity contribution is 4.77. The van der Waals surface area contributed by atoms with Crippen LogP contribution in [0.5, 0.6) is 0 Å². The van der Waals surface area contributed by atoms with Gasteiger partial charge >= 0.3 is 0 Å². The number of nitrogens with zero attached hydrogens (tertiary/aromatic N) is 1. The Morgan fingerprint density at radius 2 is 2.00 bits per heavy atom. The second kappa shape index (κ2) is 6.39. The van der Waals surface area contributed by atoms with Gasteiger partial charge in [0.25, 0.3) is 0 Å². The first-order chi connectivity index (χ1) is 6.36. The van der Waals surface area contributed by atoms with Crippen LogP contribution in [0.25, 0.3) is 0 Å². The molecular formula is C11H23NO. The second-order valence-corrected chi connectivity index (χ2v) is 3.94. The molecule has 13 heavy (non-hydrogen) atoms. The predicted molar refractivity (Wildman–Crippen MR) is 55.9 cm³/mol. The van der Waals surface area contributed by atoms with Gasteiger partial charge in [0.1, 0.15) is 0 Å². The lowest BCUT2D eigenvalue weighted by Gasteiger charge is -2.21. The molecule has 0 saturated heterocycles. The molecule has 1 aliphatic rings. The Labute approximate surface area is 82.3 Å². The average molecular weight is 185 g/mol. The first-order valence-electron chi connectivity index (χ1n) is 5.66. The summed E-state index contributed by atoms with van der Waals surface area (Å²) in [4.78, 5) is 2.55. The van der Waals surface area contributed by atoms with E-state index in [9.17, 15) is 0 Å². The van der Waals surface area contributed by atoms with Gasteiger partial charge in [-0.15, -0.1) is 0 Å². The quantitative estimate of drug-likeness (QED) is 0.537. The van der Waals surface area contributed by atoms with Gasteiger partial charge in [0, 0.05) is 19.7 Å². The van der Waals surface area contributed by atoms with E-state index in [-0.39, 0.29) is 0 Å². The summed E-state index contributed by atoms with van der Waals surface area (Å²) in [5.74, 6) is 1.01. The van der Waals surface area contributed by atoms with Crippen molar-refractivity contribution in [3.63, 3.8) is 0 Å². The van der Waals surface area contributed by atoms with Crippen LogP contribution in [0.2, 0.25) is 0 Å². The van der Waals surface area contributed by atoms with E-state index in [0.29, 0.717) is 0 Å². The van der Waals surface area contributed by atoms with Gasteiger partial charge in [-0.1, -0.05) is 6.92 Å². The van der Waals surface area contributed by atoms with Crippen molar-refractivity contribution in [1.29, 1.82) is 0 Å². The largest absolute Gasteiger partial charge is 0.380 e.